The molecular formula is C18H21F2N3OS. The SMILES string of the molecule is Cc1ncsc1C(=O)N1CCCN([C@H](C)c2ccc(F)cc2F)CC1. The van der Waals surface area contributed by atoms with Crippen LogP contribution < -0.4 is 0 Å². The highest BCUT2D eigenvalue weighted by Gasteiger charge is 2.26. The minimum Gasteiger partial charge on any atom is -0.337 e. The lowest BCUT2D eigenvalue weighted by Gasteiger charge is -2.28. The number of carbonyl (C=O) groups excluding carboxylic acids is 1. The van der Waals surface area contributed by atoms with Gasteiger partial charge < -0.3 is 4.90 Å². The smallest absolute Gasteiger partial charge is 0.265 e. The van der Waals surface area contributed by atoms with Crippen molar-refractivity contribution < 1.29 is 13.6 Å². The van der Waals surface area contributed by atoms with E-state index in [1.165, 1.54) is 23.5 Å². The molecule has 0 radical (unpaired) electrons. The molecule has 134 valence electrons. The van der Waals surface area contributed by atoms with Crippen molar-refractivity contribution in [2.45, 2.75) is 26.3 Å². The van der Waals surface area contributed by atoms with E-state index in [4.69, 9.17) is 0 Å². The number of benzene rings is 1. The van der Waals surface area contributed by atoms with Crippen LogP contribution in [0.25, 0.3) is 0 Å². The number of hydrogen-bond acceptors (Lipinski definition) is 4. The van der Waals surface area contributed by atoms with Gasteiger partial charge in [0.2, 0.25) is 0 Å². The second-order valence-electron chi connectivity index (χ2n) is 6.29. The van der Waals surface area contributed by atoms with Gasteiger partial charge in [-0.2, -0.15) is 0 Å². The summed E-state index contributed by atoms with van der Waals surface area (Å²) in [4.78, 5) is 21.5. The van der Waals surface area contributed by atoms with Gasteiger partial charge in [-0.25, -0.2) is 13.8 Å². The van der Waals surface area contributed by atoms with Crippen LogP contribution in [0.3, 0.4) is 0 Å². The lowest BCUT2D eigenvalue weighted by atomic mass is 10.1. The van der Waals surface area contributed by atoms with Crippen LogP contribution in [0, 0.1) is 18.6 Å². The average molecular weight is 365 g/mol. The van der Waals surface area contributed by atoms with Crippen molar-refractivity contribution >= 4 is 17.2 Å². The molecule has 25 heavy (non-hydrogen) atoms. The molecule has 1 aromatic carbocycles. The Morgan fingerprint density at radius 2 is 2.04 bits per heavy atom. The summed E-state index contributed by atoms with van der Waals surface area (Å²) in [6.45, 7) is 6.44. The average Bonchev–Trinajstić information content (AvgIpc) is 2.86. The Kier molecular flexibility index (Phi) is 5.44. The molecule has 0 bridgehead atoms. The fraction of sp³-hybridized carbons (Fsp3) is 0.444. The van der Waals surface area contributed by atoms with Crippen molar-refractivity contribution in [3.63, 3.8) is 0 Å². The molecule has 0 aliphatic carbocycles. The monoisotopic (exact) mass is 365 g/mol. The molecule has 2 aromatic rings. The van der Waals surface area contributed by atoms with Crippen molar-refractivity contribution in [1.29, 1.82) is 0 Å². The fourth-order valence-electron chi connectivity index (χ4n) is 3.22. The summed E-state index contributed by atoms with van der Waals surface area (Å²) in [5, 5.41) is 0. The fourth-order valence-corrected chi connectivity index (χ4v) is 3.99. The highest BCUT2D eigenvalue weighted by Crippen LogP contribution is 2.25. The van der Waals surface area contributed by atoms with Crippen LogP contribution in [0.2, 0.25) is 0 Å². The van der Waals surface area contributed by atoms with E-state index < -0.39 is 11.6 Å². The maximum Gasteiger partial charge on any atom is 0.265 e. The van der Waals surface area contributed by atoms with Gasteiger partial charge in [-0.3, -0.25) is 9.69 Å². The number of amides is 1. The minimum atomic E-state index is -0.569. The Labute approximate surface area is 150 Å². The van der Waals surface area contributed by atoms with Crippen molar-refractivity contribution in [1.82, 2.24) is 14.8 Å². The Bertz CT molecular complexity index is 765. The lowest BCUT2D eigenvalue weighted by Crippen LogP contribution is -2.36. The molecule has 2 heterocycles. The van der Waals surface area contributed by atoms with Gasteiger partial charge in [0, 0.05) is 43.9 Å². The Balaban J connectivity index is 1.69. The van der Waals surface area contributed by atoms with E-state index >= 15 is 0 Å². The van der Waals surface area contributed by atoms with Gasteiger partial charge in [0.25, 0.3) is 5.91 Å². The number of aromatic nitrogens is 1. The first-order valence-electron chi connectivity index (χ1n) is 8.35. The molecule has 1 saturated heterocycles. The largest absolute Gasteiger partial charge is 0.337 e. The van der Waals surface area contributed by atoms with Crippen LogP contribution in [0.15, 0.2) is 23.7 Å². The molecule has 1 atom stereocenters. The van der Waals surface area contributed by atoms with Gasteiger partial charge in [0.1, 0.15) is 16.5 Å². The lowest BCUT2D eigenvalue weighted by molar-refractivity contribution is 0.0762. The van der Waals surface area contributed by atoms with Crippen LogP contribution >= 0.6 is 11.3 Å². The molecule has 7 heteroatoms. The molecular weight excluding hydrogens is 344 g/mol. The third-order valence-corrected chi connectivity index (χ3v) is 5.63. The number of thiazole rings is 1. The second-order valence-corrected chi connectivity index (χ2v) is 7.15. The highest BCUT2D eigenvalue weighted by atomic mass is 32.1. The topological polar surface area (TPSA) is 36.4 Å². The van der Waals surface area contributed by atoms with Crippen LogP contribution in [0.1, 0.15) is 40.3 Å². The summed E-state index contributed by atoms with van der Waals surface area (Å²) in [7, 11) is 0. The molecule has 3 rings (SSSR count). The minimum absolute atomic E-state index is 0.0162. The first kappa shape index (κ1) is 17.9. The van der Waals surface area contributed by atoms with Crippen LogP contribution in [0.5, 0.6) is 0 Å². The van der Waals surface area contributed by atoms with Crippen molar-refractivity contribution in [2.75, 3.05) is 26.2 Å². The van der Waals surface area contributed by atoms with Crippen molar-refractivity contribution in [3.8, 4) is 0 Å². The second kappa shape index (κ2) is 7.58. The third kappa shape index (κ3) is 3.88. The normalized spacial score (nSPS) is 17.4. The van der Waals surface area contributed by atoms with Crippen LogP contribution in [-0.2, 0) is 0 Å². The van der Waals surface area contributed by atoms with Gasteiger partial charge in [-0.15, -0.1) is 11.3 Å². The van der Waals surface area contributed by atoms with E-state index in [0.717, 1.165) is 24.7 Å². The molecule has 1 amide bonds. The molecule has 1 aliphatic heterocycles. The first-order valence-corrected chi connectivity index (χ1v) is 9.23. The maximum absolute atomic E-state index is 14.1. The summed E-state index contributed by atoms with van der Waals surface area (Å²) in [6, 6.07) is 3.55. The van der Waals surface area contributed by atoms with Crippen molar-refractivity contribution in [3.05, 3.63) is 51.5 Å². The van der Waals surface area contributed by atoms with Gasteiger partial charge in [0.05, 0.1) is 11.2 Å². The summed E-state index contributed by atoms with van der Waals surface area (Å²) >= 11 is 1.36. The van der Waals surface area contributed by atoms with E-state index in [-0.39, 0.29) is 11.9 Å². The van der Waals surface area contributed by atoms with Crippen LogP contribution in [0.4, 0.5) is 8.78 Å². The maximum atomic E-state index is 14.1. The number of hydrogen-bond donors (Lipinski definition) is 0. The molecule has 0 spiro atoms. The zero-order valence-corrected chi connectivity index (χ0v) is 15.2. The predicted molar refractivity (Wildman–Crippen MR) is 93.7 cm³/mol. The summed E-state index contributed by atoms with van der Waals surface area (Å²) in [6.07, 6.45) is 0.816. The number of carbonyl (C=O) groups is 1. The molecule has 0 N–H and O–H groups in total. The summed E-state index contributed by atoms with van der Waals surface area (Å²) < 4.78 is 27.2. The van der Waals surface area contributed by atoms with E-state index in [1.54, 1.807) is 5.51 Å². The van der Waals surface area contributed by atoms with Gasteiger partial charge in [0.15, 0.2) is 0 Å². The Morgan fingerprint density at radius 3 is 2.72 bits per heavy atom. The third-order valence-electron chi connectivity index (χ3n) is 4.72. The number of nitrogens with zero attached hydrogens (tertiary/aromatic N) is 3. The zero-order valence-electron chi connectivity index (χ0n) is 14.3. The highest BCUT2D eigenvalue weighted by molar-refractivity contribution is 7.11. The molecule has 0 unspecified atom stereocenters. The molecule has 4 nitrogen and oxygen atoms in total. The van der Waals surface area contributed by atoms with Gasteiger partial charge in [-0.05, 0) is 26.3 Å². The predicted octanol–water partition coefficient (Wildman–Crippen LogP) is 3.64. The zero-order chi connectivity index (χ0) is 18.0. The molecule has 0 saturated carbocycles. The quantitative estimate of drug-likeness (QED) is 0.833. The molecule has 1 fully saturated rings. The van der Waals surface area contributed by atoms with Crippen LogP contribution in [-0.4, -0.2) is 46.9 Å². The number of aryl methyl sites for hydroxylation is 1. The van der Waals surface area contributed by atoms with E-state index in [9.17, 15) is 13.6 Å². The standard InChI is InChI=1S/C18H21F2N3OS/c1-12-17(25-11-21-12)18(24)23-7-3-6-22(8-9-23)13(2)15-5-4-14(19)10-16(15)20/h4-5,10-11,13H,3,6-9H2,1-2H3/t13-/m1/s1. The Hall–Kier alpha value is -1.86. The first-order chi connectivity index (χ1) is 12.0. The van der Waals surface area contributed by atoms with Gasteiger partial charge in [-0.1, -0.05) is 6.07 Å². The molecule has 1 aliphatic rings. The van der Waals surface area contributed by atoms with E-state index in [1.807, 2.05) is 18.7 Å². The number of rotatable bonds is 3. The Morgan fingerprint density at radius 1 is 1.24 bits per heavy atom. The van der Waals surface area contributed by atoms with Crippen molar-refractivity contribution in [2.24, 2.45) is 0 Å². The number of halogens is 2. The van der Waals surface area contributed by atoms with E-state index in [2.05, 4.69) is 9.88 Å². The summed E-state index contributed by atoms with van der Waals surface area (Å²) in [5.74, 6) is -1.08. The van der Waals surface area contributed by atoms with E-state index in [0.29, 0.717) is 30.1 Å². The summed E-state index contributed by atoms with van der Waals surface area (Å²) in [5.41, 5.74) is 2.93. The van der Waals surface area contributed by atoms with Gasteiger partial charge >= 0.3 is 0 Å². The molecule has 1 aromatic heterocycles.